The minimum absolute atomic E-state index is 1.16. The minimum atomic E-state index is 1.16. The number of hydrogen-bond acceptors (Lipinski definition) is 1. The van der Waals surface area contributed by atoms with Crippen molar-refractivity contribution >= 4 is 15.9 Å². The van der Waals surface area contributed by atoms with E-state index < -0.39 is 0 Å². The average molecular weight is 292 g/mol. The summed E-state index contributed by atoms with van der Waals surface area (Å²) in [4.78, 5) is 0. The van der Waals surface area contributed by atoms with E-state index in [4.69, 9.17) is 0 Å². The monoisotopic (exact) mass is 291 g/mol. The summed E-state index contributed by atoms with van der Waals surface area (Å²) in [6.07, 6.45) is 13.9. The minimum Gasteiger partial charge on any atom is -0.317 e. The van der Waals surface area contributed by atoms with Gasteiger partial charge in [0.2, 0.25) is 0 Å². The van der Waals surface area contributed by atoms with Crippen LogP contribution in [0.3, 0.4) is 0 Å². The summed E-state index contributed by atoms with van der Waals surface area (Å²) in [5.41, 5.74) is 0. The molecule has 1 nitrogen and oxygen atoms in total. The summed E-state index contributed by atoms with van der Waals surface area (Å²) in [5.74, 6) is 0. The molecule has 0 aliphatic rings. The standard InChI is InChI=1S/C14H30BrN/c1-2-3-4-5-6-7-10-13-16-14-11-8-9-12-15/h16H,2-14H2,1H3. The summed E-state index contributed by atoms with van der Waals surface area (Å²) in [6.45, 7) is 4.71. The van der Waals surface area contributed by atoms with Crippen LogP contribution < -0.4 is 5.32 Å². The zero-order valence-corrected chi connectivity index (χ0v) is 12.7. The average Bonchev–Trinajstić information content (AvgIpc) is 2.31. The fourth-order valence-electron chi connectivity index (χ4n) is 1.85. The van der Waals surface area contributed by atoms with E-state index >= 15 is 0 Å². The molecule has 0 aromatic carbocycles. The van der Waals surface area contributed by atoms with Crippen molar-refractivity contribution in [1.82, 2.24) is 5.32 Å². The third kappa shape index (κ3) is 14.4. The van der Waals surface area contributed by atoms with E-state index in [-0.39, 0.29) is 0 Å². The Labute approximate surface area is 111 Å². The molecule has 0 aliphatic carbocycles. The summed E-state index contributed by atoms with van der Waals surface area (Å²) in [6, 6.07) is 0. The number of rotatable bonds is 13. The lowest BCUT2D eigenvalue weighted by molar-refractivity contribution is 0.551. The highest BCUT2D eigenvalue weighted by Crippen LogP contribution is 2.06. The van der Waals surface area contributed by atoms with Crippen molar-refractivity contribution in [3.63, 3.8) is 0 Å². The van der Waals surface area contributed by atoms with Crippen molar-refractivity contribution in [2.75, 3.05) is 18.4 Å². The predicted molar refractivity (Wildman–Crippen MR) is 78.5 cm³/mol. The number of unbranched alkanes of at least 4 members (excludes halogenated alkanes) is 8. The van der Waals surface area contributed by atoms with Crippen LogP contribution in [0.4, 0.5) is 0 Å². The zero-order valence-electron chi connectivity index (χ0n) is 11.1. The van der Waals surface area contributed by atoms with E-state index in [9.17, 15) is 0 Å². The Morgan fingerprint density at radius 3 is 1.75 bits per heavy atom. The van der Waals surface area contributed by atoms with Gasteiger partial charge in [0.15, 0.2) is 0 Å². The second-order valence-electron chi connectivity index (χ2n) is 4.62. The van der Waals surface area contributed by atoms with E-state index in [1.54, 1.807) is 0 Å². The molecule has 0 aliphatic heterocycles. The van der Waals surface area contributed by atoms with Gasteiger partial charge in [-0.05, 0) is 32.4 Å². The Bertz CT molecular complexity index is 103. The maximum atomic E-state index is 3.53. The number of nitrogens with one attached hydrogen (secondary N) is 1. The maximum Gasteiger partial charge on any atom is 0.00313 e. The van der Waals surface area contributed by atoms with Gasteiger partial charge in [-0.25, -0.2) is 0 Å². The first-order chi connectivity index (χ1) is 7.91. The topological polar surface area (TPSA) is 12.0 Å². The molecule has 0 saturated heterocycles. The van der Waals surface area contributed by atoms with Gasteiger partial charge in [-0.3, -0.25) is 0 Å². The van der Waals surface area contributed by atoms with Gasteiger partial charge in [-0.1, -0.05) is 67.8 Å². The highest BCUT2D eigenvalue weighted by Gasteiger charge is 1.91. The third-order valence-electron chi connectivity index (χ3n) is 2.94. The second kappa shape index (κ2) is 15.4. The first-order valence-corrected chi connectivity index (χ1v) is 8.30. The van der Waals surface area contributed by atoms with Gasteiger partial charge in [-0.15, -0.1) is 0 Å². The smallest absolute Gasteiger partial charge is 0.00313 e. The summed E-state index contributed by atoms with van der Waals surface area (Å²) >= 11 is 3.46. The van der Waals surface area contributed by atoms with E-state index in [1.165, 1.54) is 77.3 Å². The summed E-state index contributed by atoms with van der Waals surface area (Å²) in [7, 11) is 0. The van der Waals surface area contributed by atoms with Gasteiger partial charge < -0.3 is 5.32 Å². The van der Waals surface area contributed by atoms with Crippen molar-refractivity contribution in [2.45, 2.75) is 71.1 Å². The molecule has 16 heavy (non-hydrogen) atoms. The Hall–Kier alpha value is 0.440. The fraction of sp³-hybridized carbons (Fsp3) is 1.00. The van der Waals surface area contributed by atoms with Crippen molar-refractivity contribution in [1.29, 1.82) is 0 Å². The van der Waals surface area contributed by atoms with Crippen LogP contribution in [0, 0.1) is 0 Å². The summed E-state index contributed by atoms with van der Waals surface area (Å²) < 4.78 is 0. The normalized spacial score (nSPS) is 10.9. The molecule has 0 atom stereocenters. The molecule has 0 amide bonds. The van der Waals surface area contributed by atoms with E-state index in [0.717, 1.165) is 5.33 Å². The van der Waals surface area contributed by atoms with Gasteiger partial charge in [0.25, 0.3) is 0 Å². The molecular formula is C14H30BrN. The molecule has 0 fully saturated rings. The van der Waals surface area contributed by atoms with Crippen molar-refractivity contribution in [2.24, 2.45) is 0 Å². The van der Waals surface area contributed by atoms with E-state index in [1.807, 2.05) is 0 Å². The predicted octanol–water partition coefficient (Wildman–Crippen LogP) is 4.89. The SMILES string of the molecule is CCCCCCCCCNCCCCCBr. The quantitative estimate of drug-likeness (QED) is 0.376. The molecular weight excluding hydrogens is 262 g/mol. The van der Waals surface area contributed by atoms with E-state index in [2.05, 4.69) is 28.2 Å². The van der Waals surface area contributed by atoms with Crippen LogP contribution in [0.25, 0.3) is 0 Å². The third-order valence-corrected chi connectivity index (χ3v) is 3.51. The summed E-state index contributed by atoms with van der Waals surface area (Å²) in [5, 5.41) is 4.69. The van der Waals surface area contributed by atoms with Crippen LogP contribution in [0.2, 0.25) is 0 Å². The second-order valence-corrected chi connectivity index (χ2v) is 5.41. The van der Waals surface area contributed by atoms with Gasteiger partial charge in [-0.2, -0.15) is 0 Å². The molecule has 0 bridgehead atoms. The van der Waals surface area contributed by atoms with Crippen LogP contribution in [-0.2, 0) is 0 Å². The molecule has 0 heterocycles. The van der Waals surface area contributed by atoms with Crippen LogP contribution in [0.1, 0.15) is 71.1 Å². The Morgan fingerprint density at radius 1 is 0.688 bits per heavy atom. The molecule has 98 valence electrons. The number of alkyl halides is 1. The molecule has 0 rings (SSSR count). The highest BCUT2D eigenvalue weighted by molar-refractivity contribution is 9.09. The molecule has 1 N–H and O–H groups in total. The molecule has 0 radical (unpaired) electrons. The van der Waals surface area contributed by atoms with Crippen LogP contribution in [0.15, 0.2) is 0 Å². The van der Waals surface area contributed by atoms with Gasteiger partial charge in [0.1, 0.15) is 0 Å². The van der Waals surface area contributed by atoms with Crippen molar-refractivity contribution in [3.05, 3.63) is 0 Å². The molecule has 0 spiro atoms. The highest BCUT2D eigenvalue weighted by atomic mass is 79.9. The lowest BCUT2D eigenvalue weighted by Gasteiger charge is -2.04. The molecule has 0 unspecified atom stereocenters. The van der Waals surface area contributed by atoms with Crippen molar-refractivity contribution in [3.8, 4) is 0 Å². The van der Waals surface area contributed by atoms with Gasteiger partial charge in [0.05, 0.1) is 0 Å². The lowest BCUT2D eigenvalue weighted by Crippen LogP contribution is -2.16. The Kier molecular flexibility index (Phi) is 15.9. The van der Waals surface area contributed by atoms with Gasteiger partial charge in [0, 0.05) is 5.33 Å². The first-order valence-electron chi connectivity index (χ1n) is 7.18. The van der Waals surface area contributed by atoms with Crippen LogP contribution in [-0.4, -0.2) is 18.4 Å². The fourth-order valence-corrected chi connectivity index (χ4v) is 2.25. The maximum absolute atomic E-state index is 3.53. The molecule has 0 saturated carbocycles. The number of hydrogen-bond donors (Lipinski definition) is 1. The van der Waals surface area contributed by atoms with Crippen molar-refractivity contribution < 1.29 is 0 Å². The lowest BCUT2D eigenvalue weighted by atomic mass is 10.1. The van der Waals surface area contributed by atoms with Crippen LogP contribution >= 0.6 is 15.9 Å². The largest absolute Gasteiger partial charge is 0.317 e. The first kappa shape index (κ1) is 16.4. The van der Waals surface area contributed by atoms with Gasteiger partial charge >= 0.3 is 0 Å². The van der Waals surface area contributed by atoms with Crippen LogP contribution in [0.5, 0.6) is 0 Å². The van der Waals surface area contributed by atoms with E-state index in [0.29, 0.717) is 0 Å². The Morgan fingerprint density at radius 2 is 1.19 bits per heavy atom. The number of halogens is 1. The molecule has 0 aromatic rings. The zero-order chi connectivity index (χ0) is 11.9. The molecule has 0 aromatic heterocycles. The Balaban J connectivity index is 2.83. The molecule has 2 heteroatoms.